The minimum absolute atomic E-state index is 0.214. The fourth-order valence-electron chi connectivity index (χ4n) is 2.17. The second-order valence-corrected chi connectivity index (χ2v) is 4.99. The third kappa shape index (κ3) is 5.52. The van der Waals surface area contributed by atoms with Crippen molar-refractivity contribution >= 4 is 0 Å². The van der Waals surface area contributed by atoms with Crippen LogP contribution in [0.1, 0.15) is 57.9 Å². The van der Waals surface area contributed by atoms with Gasteiger partial charge in [-0.05, 0) is 43.9 Å². The van der Waals surface area contributed by atoms with Crippen LogP contribution in [-0.4, -0.2) is 6.10 Å². The van der Waals surface area contributed by atoms with Crippen LogP contribution in [0.15, 0.2) is 18.2 Å². The van der Waals surface area contributed by atoms with Gasteiger partial charge < -0.3 is 4.74 Å². The summed E-state index contributed by atoms with van der Waals surface area (Å²) in [7, 11) is 0. The summed E-state index contributed by atoms with van der Waals surface area (Å²) in [5.41, 5.74) is 0.911. The minimum atomic E-state index is -0.214. The van der Waals surface area contributed by atoms with Crippen molar-refractivity contribution in [3.05, 3.63) is 29.6 Å². The molecule has 0 spiro atoms. The lowest BCUT2D eigenvalue weighted by molar-refractivity contribution is 0.175. The van der Waals surface area contributed by atoms with Crippen LogP contribution in [0.3, 0.4) is 0 Å². The van der Waals surface area contributed by atoms with Crippen LogP contribution in [0, 0.1) is 12.7 Å². The highest BCUT2D eigenvalue weighted by atomic mass is 19.1. The molecule has 0 aliphatic heterocycles. The van der Waals surface area contributed by atoms with Gasteiger partial charge >= 0.3 is 0 Å². The largest absolute Gasteiger partial charge is 0.490 e. The fourth-order valence-corrected chi connectivity index (χ4v) is 2.17. The summed E-state index contributed by atoms with van der Waals surface area (Å²) in [6, 6.07) is 4.92. The number of aryl methyl sites for hydroxylation is 1. The molecule has 0 aromatic heterocycles. The molecule has 18 heavy (non-hydrogen) atoms. The first kappa shape index (κ1) is 15.0. The number of hydrogen-bond acceptors (Lipinski definition) is 1. The SMILES string of the molecule is CCCCCC(CCC)Oc1cc(C)cc(F)c1. The average molecular weight is 252 g/mol. The number of halogens is 1. The smallest absolute Gasteiger partial charge is 0.127 e. The van der Waals surface area contributed by atoms with Gasteiger partial charge in [0.05, 0.1) is 6.10 Å². The zero-order valence-corrected chi connectivity index (χ0v) is 11.8. The molecule has 1 nitrogen and oxygen atoms in total. The molecule has 1 rings (SSSR count). The zero-order valence-electron chi connectivity index (χ0n) is 11.8. The van der Waals surface area contributed by atoms with Gasteiger partial charge in [-0.25, -0.2) is 4.39 Å². The van der Waals surface area contributed by atoms with Crippen LogP contribution in [0.5, 0.6) is 5.75 Å². The van der Waals surface area contributed by atoms with E-state index in [-0.39, 0.29) is 11.9 Å². The molecule has 0 amide bonds. The highest BCUT2D eigenvalue weighted by Gasteiger charge is 2.10. The van der Waals surface area contributed by atoms with Crippen molar-refractivity contribution in [3.63, 3.8) is 0 Å². The van der Waals surface area contributed by atoms with Crippen LogP contribution in [0.2, 0.25) is 0 Å². The molecule has 0 fully saturated rings. The summed E-state index contributed by atoms with van der Waals surface area (Å²) in [4.78, 5) is 0. The van der Waals surface area contributed by atoms with Gasteiger partial charge in [0.1, 0.15) is 11.6 Å². The van der Waals surface area contributed by atoms with E-state index in [4.69, 9.17) is 4.74 Å². The summed E-state index contributed by atoms with van der Waals surface area (Å²) in [5.74, 6) is 0.455. The van der Waals surface area contributed by atoms with Gasteiger partial charge in [-0.3, -0.25) is 0 Å². The van der Waals surface area contributed by atoms with Gasteiger partial charge in [0.25, 0.3) is 0 Å². The van der Waals surface area contributed by atoms with E-state index in [1.165, 1.54) is 31.4 Å². The van der Waals surface area contributed by atoms with Gasteiger partial charge in [-0.1, -0.05) is 33.1 Å². The standard InChI is InChI=1S/C16H25FO/c1-4-6-7-9-15(8-5-2)18-16-11-13(3)10-14(17)12-16/h10-12,15H,4-9H2,1-3H3. The highest BCUT2D eigenvalue weighted by Crippen LogP contribution is 2.21. The molecule has 0 bridgehead atoms. The maximum atomic E-state index is 13.3. The topological polar surface area (TPSA) is 9.23 Å². The Morgan fingerprint density at radius 3 is 2.44 bits per heavy atom. The Bertz CT molecular complexity index is 329. The van der Waals surface area contributed by atoms with Crippen molar-refractivity contribution in [1.82, 2.24) is 0 Å². The van der Waals surface area contributed by atoms with E-state index in [1.54, 1.807) is 0 Å². The summed E-state index contributed by atoms with van der Waals surface area (Å²) in [6.07, 6.45) is 7.09. The van der Waals surface area contributed by atoms with Crippen molar-refractivity contribution in [3.8, 4) is 5.75 Å². The quantitative estimate of drug-likeness (QED) is 0.573. The summed E-state index contributed by atoms with van der Waals surface area (Å²) >= 11 is 0. The average Bonchev–Trinajstić information content (AvgIpc) is 2.28. The predicted molar refractivity (Wildman–Crippen MR) is 74.6 cm³/mol. The number of rotatable bonds is 8. The molecular weight excluding hydrogens is 227 g/mol. The Morgan fingerprint density at radius 1 is 1.06 bits per heavy atom. The van der Waals surface area contributed by atoms with E-state index >= 15 is 0 Å². The Labute approximate surface area is 110 Å². The van der Waals surface area contributed by atoms with Gasteiger partial charge in [0.2, 0.25) is 0 Å². The van der Waals surface area contributed by atoms with Crippen molar-refractivity contribution in [2.45, 2.75) is 65.4 Å². The molecule has 0 radical (unpaired) electrons. The molecular formula is C16H25FO. The fraction of sp³-hybridized carbons (Fsp3) is 0.625. The van der Waals surface area contributed by atoms with Crippen LogP contribution < -0.4 is 4.74 Å². The maximum absolute atomic E-state index is 13.3. The van der Waals surface area contributed by atoms with Crippen molar-refractivity contribution in [2.75, 3.05) is 0 Å². The lowest BCUT2D eigenvalue weighted by Gasteiger charge is -2.19. The second-order valence-electron chi connectivity index (χ2n) is 4.99. The molecule has 1 aromatic carbocycles. The van der Waals surface area contributed by atoms with E-state index < -0.39 is 0 Å². The number of ether oxygens (including phenoxy) is 1. The van der Waals surface area contributed by atoms with Gasteiger partial charge in [-0.15, -0.1) is 0 Å². The molecule has 0 saturated carbocycles. The molecule has 0 aliphatic rings. The number of hydrogen-bond donors (Lipinski definition) is 0. The third-order valence-corrected chi connectivity index (χ3v) is 3.06. The molecule has 0 aliphatic carbocycles. The Hall–Kier alpha value is -1.05. The first-order valence-corrected chi connectivity index (χ1v) is 7.09. The van der Waals surface area contributed by atoms with Gasteiger partial charge in [0, 0.05) is 6.07 Å². The lowest BCUT2D eigenvalue weighted by atomic mass is 10.1. The minimum Gasteiger partial charge on any atom is -0.490 e. The first-order chi connectivity index (χ1) is 8.65. The second kappa shape index (κ2) is 8.12. The van der Waals surface area contributed by atoms with Gasteiger partial charge in [0.15, 0.2) is 0 Å². The first-order valence-electron chi connectivity index (χ1n) is 7.09. The normalized spacial score (nSPS) is 12.4. The van der Waals surface area contributed by atoms with Crippen LogP contribution in [0.4, 0.5) is 4.39 Å². The molecule has 1 unspecified atom stereocenters. The van der Waals surface area contributed by atoms with Crippen LogP contribution >= 0.6 is 0 Å². The molecule has 2 heteroatoms. The Balaban J connectivity index is 2.58. The highest BCUT2D eigenvalue weighted by molar-refractivity contribution is 5.28. The monoisotopic (exact) mass is 252 g/mol. The summed E-state index contributed by atoms with van der Waals surface area (Å²) in [6.45, 7) is 6.25. The van der Waals surface area contributed by atoms with Crippen LogP contribution in [0.25, 0.3) is 0 Å². The Morgan fingerprint density at radius 2 is 1.83 bits per heavy atom. The number of unbranched alkanes of at least 4 members (excludes halogenated alkanes) is 2. The Kier molecular flexibility index (Phi) is 6.77. The van der Waals surface area contributed by atoms with E-state index in [1.807, 2.05) is 13.0 Å². The summed E-state index contributed by atoms with van der Waals surface area (Å²) in [5, 5.41) is 0. The van der Waals surface area contributed by atoms with Crippen LogP contribution in [-0.2, 0) is 0 Å². The molecule has 0 saturated heterocycles. The maximum Gasteiger partial charge on any atom is 0.127 e. The lowest BCUT2D eigenvalue weighted by Crippen LogP contribution is -2.16. The number of benzene rings is 1. The van der Waals surface area contributed by atoms with E-state index in [9.17, 15) is 4.39 Å². The van der Waals surface area contributed by atoms with E-state index in [0.717, 1.165) is 24.8 Å². The molecule has 0 heterocycles. The van der Waals surface area contributed by atoms with E-state index in [0.29, 0.717) is 5.75 Å². The van der Waals surface area contributed by atoms with Gasteiger partial charge in [-0.2, -0.15) is 0 Å². The predicted octanol–water partition coefficient (Wildman–Crippen LogP) is 5.26. The molecule has 1 aromatic rings. The van der Waals surface area contributed by atoms with Crippen molar-refractivity contribution in [1.29, 1.82) is 0 Å². The summed E-state index contributed by atoms with van der Waals surface area (Å²) < 4.78 is 19.2. The molecule has 1 atom stereocenters. The van der Waals surface area contributed by atoms with Crippen molar-refractivity contribution in [2.24, 2.45) is 0 Å². The zero-order chi connectivity index (χ0) is 13.4. The third-order valence-electron chi connectivity index (χ3n) is 3.06. The molecule has 102 valence electrons. The molecule has 0 N–H and O–H groups in total. The van der Waals surface area contributed by atoms with E-state index in [2.05, 4.69) is 13.8 Å². The van der Waals surface area contributed by atoms with Crippen molar-refractivity contribution < 1.29 is 9.13 Å².